The molecule has 1 aromatic carbocycles. The fourth-order valence-electron chi connectivity index (χ4n) is 3.03. The first kappa shape index (κ1) is 17.8. The average molecular weight is 319 g/mol. The third kappa shape index (κ3) is 4.96. The van der Waals surface area contributed by atoms with Crippen molar-refractivity contribution in [3.05, 3.63) is 35.4 Å². The molecule has 0 radical (unpaired) electrons. The molecule has 1 aliphatic heterocycles. The van der Waals surface area contributed by atoms with Gasteiger partial charge in [-0.15, -0.1) is 0 Å². The summed E-state index contributed by atoms with van der Waals surface area (Å²) in [5.74, 6) is 0.0874. The standard InChI is InChI=1S/C19H29NO3/c1-5-6-14-7-9-15(10-8-14)16-11-12-20(13-17(16)21)18(22)23-19(2,3)4/h7-10,16-17,21H,5-6,11-13H2,1-4H3/t16-,17+/m1/s1. The van der Waals surface area contributed by atoms with Crippen LogP contribution in [0.25, 0.3) is 0 Å². The van der Waals surface area contributed by atoms with E-state index in [9.17, 15) is 9.90 Å². The van der Waals surface area contributed by atoms with Crippen LogP contribution in [-0.4, -0.2) is 40.9 Å². The van der Waals surface area contributed by atoms with E-state index in [1.165, 1.54) is 5.56 Å². The molecule has 2 rings (SSSR count). The highest BCUT2D eigenvalue weighted by Gasteiger charge is 2.33. The van der Waals surface area contributed by atoms with Crippen molar-refractivity contribution in [2.75, 3.05) is 13.1 Å². The summed E-state index contributed by atoms with van der Waals surface area (Å²) in [7, 11) is 0. The summed E-state index contributed by atoms with van der Waals surface area (Å²) >= 11 is 0. The van der Waals surface area contributed by atoms with Crippen molar-refractivity contribution < 1.29 is 14.6 Å². The minimum atomic E-state index is -0.548. The van der Waals surface area contributed by atoms with E-state index in [0.717, 1.165) is 24.8 Å². The molecule has 0 spiro atoms. The predicted molar refractivity (Wildman–Crippen MR) is 91.6 cm³/mol. The van der Waals surface area contributed by atoms with E-state index in [-0.39, 0.29) is 12.0 Å². The van der Waals surface area contributed by atoms with Gasteiger partial charge in [-0.1, -0.05) is 37.6 Å². The van der Waals surface area contributed by atoms with Crippen molar-refractivity contribution in [2.45, 2.75) is 64.6 Å². The summed E-state index contributed by atoms with van der Waals surface area (Å²) in [5.41, 5.74) is 1.98. The Balaban J connectivity index is 1.97. The number of rotatable bonds is 3. The van der Waals surface area contributed by atoms with Crippen LogP contribution in [0.3, 0.4) is 0 Å². The number of aryl methyl sites for hydroxylation is 1. The van der Waals surface area contributed by atoms with Crippen molar-refractivity contribution in [1.82, 2.24) is 4.90 Å². The lowest BCUT2D eigenvalue weighted by Gasteiger charge is -2.37. The van der Waals surface area contributed by atoms with E-state index in [1.807, 2.05) is 20.8 Å². The zero-order chi connectivity index (χ0) is 17.0. The molecule has 1 aromatic rings. The number of piperidine rings is 1. The Labute approximate surface area is 139 Å². The van der Waals surface area contributed by atoms with Crippen LogP contribution < -0.4 is 0 Å². The van der Waals surface area contributed by atoms with Gasteiger partial charge in [-0.2, -0.15) is 0 Å². The van der Waals surface area contributed by atoms with Gasteiger partial charge in [0.05, 0.1) is 12.6 Å². The Kier molecular flexibility index (Phi) is 5.69. The minimum absolute atomic E-state index is 0.0874. The number of likely N-dealkylation sites (tertiary alicyclic amines) is 1. The zero-order valence-corrected chi connectivity index (χ0v) is 14.7. The number of carbonyl (C=O) groups excluding carboxylic acids is 1. The van der Waals surface area contributed by atoms with Gasteiger partial charge in [0.2, 0.25) is 0 Å². The second-order valence-electron chi connectivity index (χ2n) is 7.38. The molecule has 1 fully saturated rings. The molecule has 0 unspecified atom stereocenters. The van der Waals surface area contributed by atoms with Crippen LogP contribution >= 0.6 is 0 Å². The van der Waals surface area contributed by atoms with E-state index in [0.29, 0.717) is 13.1 Å². The number of aliphatic hydroxyl groups excluding tert-OH is 1. The Bertz CT molecular complexity index is 518. The summed E-state index contributed by atoms with van der Waals surface area (Å²) < 4.78 is 5.38. The monoisotopic (exact) mass is 319 g/mol. The highest BCUT2D eigenvalue weighted by molar-refractivity contribution is 5.68. The molecule has 2 atom stereocenters. The van der Waals surface area contributed by atoms with Gasteiger partial charge in [0.1, 0.15) is 5.60 Å². The number of hydrogen-bond acceptors (Lipinski definition) is 3. The lowest BCUT2D eigenvalue weighted by molar-refractivity contribution is -0.00151. The summed E-state index contributed by atoms with van der Waals surface area (Å²) in [6, 6.07) is 8.52. The quantitative estimate of drug-likeness (QED) is 0.923. The largest absolute Gasteiger partial charge is 0.444 e. The molecular weight excluding hydrogens is 290 g/mol. The maximum atomic E-state index is 12.1. The fraction of sp³-hybridized carbons (Fsp3) is 0.632. The highest BCUT2D eigenvalue weighted by Crippen LogP contribution is 2.29. The SMILES string of the molecule is CCCc1ccc([C@H]2CCN(C(=O)OC(C)(C)C)C[C@@H]2O)cc1. The summed E-state index contributed by atoms with van der Waals surface area (Å²) in [4.78, 5) is 13.7. The summed E-state index contributed by atoms with van der Waals surface area (Å²) in [6.07, 6.45) is 2.09. The predicted octanol–water partition coefficient (Wildman–Crippen LogP) is 3.72. The van der Waals surface area contributed by atoms with E-state index < -0.39 is 11.7 Å². The molecule has 0 saturated carbocycles. The molecule has 23 heavy (non-hydrogen) atoms. The van der Waals surface area contributed by atoms with E-state index in [4.69, 9.17) is 4.74 Å². The van der Waals surface area contributed by atoms with Crippen LogP contribution in [0, 0.1) is 0 Å². The second-order valence-corrected chi connectivity index (χ2v) is 7.38. The Morgan fingerprint density at radius 1 is 1.30 bits per heavy atom. The number of amides is 1. The molecule has 1 N–H and O–H groups in total. The highest BCUT2D eigenvalue weighted by atomic mass is 16.6. The number of aliphatic hydroxyl groups is 1. The number of nitrogens with zero attached hydrogens (tertiary/aromatic N) is 1. The van der Waals surface area contributed by atoms with Gasteiger partial charge in [-0.25, -0.2) is 4.79 Å². The van der Waals surface area contributed by atoms with Gasteiger partial charge in [0.25, 0.3) is 0 Å². The molecule has 1 aliphatic rings. The molecule has 128 valence electrons. The Morgan fingerprint density at radius 2 is 1.96 bits per heavy atom. The van der Waals surface area contributed by atoms with Crippen LogP contribution in [0.2, 0.25) is 0 Å². The third-order valence-electron chi connectivity index (χ3n) is 4.18. The van der Waals surface area contributed by atoms with Crippen LogP contribution in [0.15, 0.2) is 24.3 Å². The Hall–Kier alpha value is -1.55. The lowest BCUT2D eigenvalue weighted by atomic mass is 9.86. The number of hydrogen-bond donors (Lipinski definition) is 1. The first-order valence-corrected chi connectivity index (χ1v) is 8.55. The summed E-state index contributed by atoms with van der Waals surface area (Å²) in [6.45, 7) is 8.68. The van der Waals surface area contributed by atoms with E-state index in [2.05, 4.69) is 31.2 Å². The van der Waals surface area contributed by atoms with Crippen LogP contribution in [0.5, 0.6) is 0 Å². The third-order valence-corrected chi connectivity index (χ3v) is 4.18. The van der Waals surface area contributed by atoms with Crippen molar-refractivity contribution in [3.63, 3.8) is 0 Å². The first-order chi connectivity index (χ1) is 10.8. The molecule has 0 aliphatic carbocycles. The maximum absolute atomic E-state index is 12.1. The van der Waals surface area contributed by atoms with Gasteiger partial charge in [-0.3, -0.25) is 0 Å². The molecule has 1 amide bonds. The molecule has 0 bridgehead atoms. The van der Waals surface area contributed by atoms with Crippen molar-refractivity contribution in [1.29, 1.82) is 0 Å². The average Bonchev–Trinajstić information content (AvgIpc) is 2.47. The lowest BCUT2D eigenvalue weighted by Crippen LogP contribution is -2.47. The zero-order valence-electron chi connectivity index (χ0n) is 14.7. The number of carbonyl (C=O) groups is 1. The summed E-state index contributed by atoms with van der Waals surface area (Å²) in [5, 5.41) is 10.5. The van der Waals surface area contributed by atoms with Gasteiger partial charge < -0.3 is 14.7 Å². The molecular formula is C19H29NO3. The second kappa shape index (κ2) is 7.35. The first-order valence-electron chi connectivity index (χ1n) is 8.55. The van der Waals surface area contributed by atoms with E-state index >= 15 is 0 Å². The van der Waals surface area contributed by atoms with Crippen LogP contribution in [0.1, 0.15) is 57.6 Å². The fourth-order valence-corrected chi connectivity index (χ4v) is 3.03. The number of β-amino-alcohol motifs (C(OH)–C–C–N with tert-alkyl or cyclic N) is 1. The smallest absolute Gasteiger partial charge is 0.410 e. The topological polar surface area (TPSA) is 49.8 Å². The molecule has 1 saturated heterocycles. The van der Waals surface area contributed by atoms with Gasteiger partial charge in [0.15, 0.2) is 0 Å². The van der Waals surface area contributed by atoms with Gasteiger partial charge in [-0.05, 0) is 44.7 Å². The van der Waals surface area contributed by atoms with E-state index in [1.54, 1.807) is 4.90 Å². The van der Waals surface area contributed by atoms with Crippen molar-refractivity contribution >= 4 is 6.09 Å². The molecule has 4 nitrogen and oxygen atoms in total. The van der Waals surface area contributed by atoms with Gasteiger partial charge in [0, 0.05) is 12.5 Å². The molecule has 4 heteroatoms. The van der Waals surface area contributed by atoms with Gasteiger partial charge >= 0.3 is 6.09 Å². The van der Waals surface area contributed by atoms with Crippen LogP contribution in [0.4, 0.5) is 4.79 Å². The molecule has 1 heterocycles. The van der Waals surface area contributed by atoms with Crippen molar-refractivity contribution in [2.24, 2.45) is 0 Å². The number of ether oxygens (including phenoxy) is 1. The molecule has 0 aromatic heterocycles. The maximum Gasteiger partial charge on any atom is 0.410 e. The van der Waals surface area contributed by atoms with Crippen LogP contribution in [-0.2, 0) is 11.2 Å². The van der Waals surface area contributed by atoms with Crippen molar-refractivity contribution in [3.8, 4) is 0 Å². The Morgan fingerprint density at radius 3 is 2.48 bits per heavy atom. The minimum Gasteiger partial charge on any atom is -0.444 e. The normalized spacial score (nSPS) is 22.0. The number of benzene rings is 1.